The highest BCUT2D eigenvalue weighted by atomic mass is 79.9. The maximum Gasteiger partial charge on any atom is 0.293 e. The molecule has 0 radical (unpaired) electrons. The summed E-state index contributed by atoms with van der Waals surface area (Å²) < 4.78 is 12.8. The van der Waals surface area contributed by atoms with Crippen LogP contribution in [0.15, 0.2) is 88.2 Å². The van der Waals surface area contributed by atoms with Gasteiger partial charge in [0.15, 0.2) is 11.5 Å². The van der Waals surface area contributed by atoms with Gasteiger partial charge in [0.05, 0.1) is 22.5 Å². The SMILES string of the molecule is CCOc1cc(/C=C2/SC(=O)N(Cc3ccccc3Cl)C2=O)cc(Br)c1OCc1cccc2ccccc12. The molecule has 1 heterocycles. The molecule has 0 atom stereocenters. The van der Waals surface area contributed by atoms with E-state index in [1.165, 1.54) is 4.90 Å². The lowest BCUT2D eigenvalue weighted by Crippen LogP contribution is -2.27. The fourth-order valence-corrected chi connectivity index (χ4v) is 5.84. The first-order valence-electron chi connectivity index (χ1n) is 12.0. The summed E-state index contributed by atoms with van der Waals surface area (Å²) in [4.78, 5) is 27.2. The number of benzene rings is 4. The summed E-state index contributed by atoms with van der Waals surface area (Å²) in [7, 11) is 0. The average molecular weight is 609 g/mol. The van der Waals surface area contributed by atoms with Crippen molar-refractivity contribution in [1.82, 2.24) is 4.90 Å². The number of halogens is 2. The quantitative estimate of drug-likeness (QED) is 0.188. The topological polar surface area (TPSA) is 55.8 Å². The summed E-state index contributed by atoms with van der Waals surface area (Å²) >= 11 is 10.8. The van der Waals surface area contributed by atoms with Crippen LogP contribution in [-0.4, -0.2) is 22.7 Å². The van der Waals surface area contributed by atoms with E-state index in [4.69, 9.17) is 21.1 Å². The zero-order valence-electron chi connectivity index (χ0n) is 20.4. The lowest BCUT2D eigenvalue weighted by Gasteiger charge is -2.16. The van der Waals surface area contributed by atoms with E-state index < -0.39 is 0 Å². The molecule has 4 aromatic rings. The summed E-state index contributed by atoms with van der Waals surface area (Å²) in [5.74, 6) is 0.762. The van der Waals surface area contributed by atoms with Crippen LogP contribution >= 0.6 is 39.3 Å². The number of thioether (sulfide) groups is 1. The molecule has 2 amide bonds. The van der Waals surface area contributed by atoms with Gasteiger partial charge in [-0.1, -0.05) is 72.3 Å². The molecule has 5 rings (SSSR count). The molecule has 192 valence electrons. The third-order valence-electron chi connectivity index (χ3n) is 6.04. The van der Waals surface area contributed by atoms with E-state index in [1.807, 2.05) is 55.5 Å². The fourth-order valence-electron chi connectivity index (χ4n) is 4.23. The summed E-state index contributed by atoms with van der Waals surface area (Å²) in [6, 6.07) is 25.2. The van der Waals surface area contributed by atoms with Gasteiger partial charge in [-0.2, -0.15) is 0 Å². The Morgan fingerprint density at radius 1 is 0.947 bits per heavy atom. The predicted octanol–water partition coefficient (Wildman–Crippen LogP) is 8.47. The lowest BCUT2D eigenvalue weighted by molar-refractivity contribution is -0.123. The van der Waals surface area contributed by atoms with Gasteiger partial charge in [0.25, 0.3) is 11.1 Å². The molecule has 4 aromatic carbocycles. The first-order chi connectivity index (χ1) is 18.4. The third-order valence-corrected chi connectivity index (χ3v) is 7.91. The van der Waals surface area contributed by atoms with Crippen LogP contribution in [0.2, 0.25) is 5.02 Å². The zero-order valence-corrected chi connectivity index (χ0v) is 23.6. The zero-order chi connectivity index (χ0) is 26.6. The van der Waals surface area contributed by atoms with Crippen molar-refractivity contribution in [3.8, 4) is 11.5 Å². The number of rotatable bonds is 8. The van der Waals surface area contributed by atoms with Gasteiger partial charge in [-0.05, 0) is 86.4 Å². The Bertz CT molecular complexity index is 1570. The van der Waals surface area contributed by atoms with Crippen LogP contribution in [0.4, 0.5) is 4.79 Å². The largest absolute Gasteiger partial charge is 0.490 e. The third kappa shape index (κ3) is 5.60. The molecule has 0 N–H and O–H groups in total. The molecule has 0 saturated carbocycles. The van der Waals surface area contributed by atoms with Gasteiger partial charge < -0.3 is 9.47 Å². The molecule has 8 heteroatoms. The number of nitrogens with zero attached hydrogens (tertiary/aromatic N) is 1. The smallest absolute Gasteiger partial charge is 0.293 e. The first-order valence-corrected chi connectivity index (χ1v) is 14.0. The Kier molecular flexibility index (Phi) is 8.07. The average Bonchev–Trinajstić information content (AvgIpc) is 3.17. The molecular weight excluding hydrogens is 586 g/mol. The number of ether oxygens (including phenoxy) is 2. The van der Waals surface area contributed by atoms with Crippen molar-refractivity contribution in [3.05, 3.63) is 110 Å². The molecule has 1 aliphatic heterocycles. The van der Waals surface area contributed by atoms with Crippen molar-refractivity contribution in [3.63, 3.8) is 0 Å². The van der Waals surface area contributed by atoms with E-state index in [-0.39, 0.29) is 17.7 Å². The second-order valence-corrected chi connectivity index (χ2v) is 10.8. The highest BCUT2D eigenvalue weighted by molar-refractivity contribution is 9.10. The van der Waals surface area contributed by atoms with Crippen molar-refractivity contribution < 1.29 is 19.1 Å². The molecule has 0 aliphatic carbocycles. The van der Waals surface area contributed by atoms with Crippen LogP contribution in [0.3, 0.4) is 0 Å². The Hall–Kier alpha value is -3.26. The molecular formula is C30H23BrClNO4S. The summed E-state index contributed by atoms with van der Waals surface area (Å²) in [5, 5.41) is 2.46. The van der Waals surface area contributed by atoms with E-state index in [0.717, 1.165) is 28.1 Å². The summed E-state index contributed by atoms with van der Waals surface area (Å²) in [6.07, 6.45) is 1.69. The minimum absolute atomic E-state index is 0.122. The van der Waals surface area contributed by atoms with Crippen LogP contribution in [0, 0.1) is 0 Å². The van der Waals surface area contributed by atoms with Gasteiger partial charge in [0, 0.05) is 5.02 Å². The second kappa shape index (κ2) is 11.6. The number of carbonyl (C=O) groups is 2. The van der Waals surface area contributed by atoms with Crippen molar-refractivity contribution in [1.29, 1.82) is 0 Å². The fraction of sp³-hybridized carbons (Fsp3) is 0.133. The van der Waals surface area contributed by atoms with E-state index in [1.54, 1.807) is 18.2 Å². The van der Waals surface area contributed by atoms with E-state index >= 15 is 0 Å². The molecule has 0 aromatic heterocycles. The van der Waals surface area contributed by atoms with Gasteiger partial charge >= 0.3 is 0 Å². The Morgan fingerprint density at radius 2 is 1.68 bits per heavy atom. The van der Waals surface area contributed by atoms with Gasteiger partial charge in [-0.15, -0.1) is 0 Å². The van der Waals surface area contributed by atoms with Crippen molar-refractivity contribution in [2.75, 3.05) is 6.61 Å². The highest BCUT2D eigenvalue weighted by Crippen LogP contribution is 2.40. The van der Waals surface area contributed by atoms with Crippen molar-refractivity contribution in [2.24, 2.45) is 0 Å². The van der Waals surface area contributed by atoms with E-state index in [2.05, 4.69) is 34.1 Å². The lowest BCUT2D eigenvalue weighted by atomic mass is 10.1. The Labute approximate surface area is 238 Å². The number of fused-ring (bicyclic) bond motifs is 1. The molecule has 1 fully saturated rings. The van der Waals surface area contributed by atoms with Gasteiger partial charge in [-0.3, -0.25) is 14.5 Å². The molecule has 5 nitrogen and oxygen atoms in total. The summed E-state index contributed by atoms with van der Waals surface area (Å²) in [6.45, 7) is 2.82. The molecule has 0 bridgehead atoms. The predicted molar refractivity (Wildman–Crippen MR) is 157 cm³/mol. The molecule has 1 saturated heterocycles. The highest BCUT2D eigenvalue weighted by Gasteiger charge is 2.35. The van der Waals surface area contributed by atoms with E-state index in [9.17, 15) is 9.59 Å². The molecule has 0 unspecified atom stereocenters. The number of carbonyl (C=O) groups excluding carboxylic acids is 2. The Balaban J connectivity index is 1.39. The summed E-state index contributed by atoms with van der Waals surface area (Å²) in [5.41, 5.74) is 2.49. The first kappa shape index (κ1) is 26.4. The van der Waals surface area contributed by atoms with Gasteiger partial charge in [0.1, 0.15) is 6.61 Å². The van der Waals surface area contributed by atoms with Crippen LogP contribution in [-0.2, 0) is 17.9 Å². The van der Waals surface area contributed by atoms with Crippen molar-refractivity contribution in [2.45, 2.75) is 20.1 Å². The normalized spacial score (nSPS) is 14.5. The monoisotopic (exact) mass is 607 g/mol. The van der Waals surface area contributed by atoms with Crippen molar-refractivity contribution >= 4 is 67.3 Å². The molecule has 38 heavy (non-hydrogen) atoms. The van der Waals surface area contributed by atoms with Crippen LogP contribution in [0.1, 0.15) is 23.6 Å². The minimum atomic E-state index is -0.356. The maximum absolute atomic E-state index is 13.1. The van der Waals surface area contributed by atoms with Gasteiger partial charge in [-0.25, -0.2) is 0 Å². The number of imide groups is 1. The number of hydrogen-bond donors (Lipinski definition) is 0. The van der Waals surface area contributed by atoms with Crippen LogP contribution < -0.4 is 9.47 Å². The maximum atomic E-state index is 13.1. The number of amides is 2. The Morgan fingerprint density at radius 3 is 2.50 bits per heavy atom. The van der Waals surface area contributed by atoms with Crippen LogP contribution in [0.5, 0.6) is 11.5 Å². The molecule has 0 spiro atoms. The van der Waals surface area contributed by atoms with Crippen LogP contribution in [0.25, 0.3) is 16.8 Å². The second-order valence-electron chi connectivity index (χ2n) is 8.55. The molecule has 1 aliphatic rings. The minimum Gasteiger partial charge on any atom is -0.490 e. The van der Waals surface area contributed by atoms with Gasteiger partial charge in [0.2, 0.25) is 0 Å². The van der Waals surface area contributed by atoms with E-state index in [0.29, 0.717) is 50.2 Å². The number of hydrogen-bond acceptors (Lipinski definition) is 5. The standard InChI is InChI=1S/C30H23BrClNO4S/c1-2-36-26-15-19(16-27-29(34)33(30(35)38-27)17-21-9-4-6-13-25(21)32)14-24(31)28(26)37-18-22-11-7-10-20-8-3-5-12-23(20)22/h3-16H,2,17-18H2,1H3/b27-16+.